The molecule has 3 N–H and O–H groups in total. The largest absolute Gasteiger partial charge is 0.480 e. The molecule has 0 aliphatic heterocycles. The van der Waals surface area contributed by atoms with Gasteiger partial charge in [0.1, 0.15) is 0 Å². The Labute approximate surface area is 174 Å². The molecule has 6 nitrogen and oxygen atoms in total. The van der Waals surface area contributed by atoms with E-state index in [2.05, 4.69) is 27.9 Å². The maximum Gasteiger partial charge on any atom is 0.247 e. The highest BCUT2D eigenvalue weighted by atomic mass is 16.5. The van der Waals surface area contributed by atoms with Crippen molar-refractivity contribution in [2.24, 2.45) is 0 Å². The van der Waals surface area contributed by atoms with Crippen molar-refractivity contribution >= 4 is 28.2 Å². The van der Waals surface area contributed by atoms with Gasteiger partial charge in [0, 0.05) is 29.0 Å². The minimum absolute atomic E-state index is 0.242. The van der Waals surface area contributed by atoms with Crippen LogP contribution in [0.15, 0.2) is 79.6 Å². The number of methoxy groups -OCH3 is 1. The van der Waals surface area contributed by atoms with Crippen LogP contribution < -0.4 is 15.8 Å². The molecule has 6 heteroatoms. The van der Waals surface area contributed by atoms with Gasteiger partial charge < -0.3 is 15.8 Å². The van der Waals surface area contributed by atoms with Crippen LogP contribution in [0.4, 0.5) is 11.4 Å². The molecule has 0 bridgehead atoms. The number of nitrogen functional groups attached to an aromatic ring is 1. The third-order valence-corrected chi connectivity index (χ3v) is 4.80. The Bertz CT molecular complexity index is 1250. The summed E-state index contributed by atoms with van der Waals surface area (Å²) < 4.78 is 5.15. The number of hydrogen-bond acceptors (Lipinski definition) is 5. The summed E-state index contributed by atoms with van der Waals surface area (Å²) in [5.74, 6) is 0.166. The second-order valence-electron chi connectivity index (χ2n) is 6.68. The number of benzene rings is 2. The van der Waals surface area contributed by atoms with Crippen molar-refractivity contribution in [2.75, 3.05) is 18.2 Å². The molecule has 0 atom stereocenters. The smallest absolute Gasteiger partial charge is 0.247 e. The number of rotatable bonds is 5. The van der Waals surface area contributed by atoms with Crippen molar-refractivity contribution in [3.05, 3.63) is 79.6 Å². The molecule has 1 amide bonds. The molecule has 2 heterocycles. The maximum atomic E-state index is 11.5. The average molecular weight is 396 g/mol. The fraction of sp³-hybridized carbons (Fsp3) is 0.0417. The molecule has 2 aromatic carbocycles. The quantitative estimate of drug-likeness (QED) is 0.478. The second-order valence-corrected chi connectivity index (χ2v) is 6.68. The molecule has 0 radical (unpaired) electrons. The zero-order chi connectivity index (χ0) is 21.1. The number of anilines is 2. The molecule has 4 aromatic rings. The fourth-order valence-corrected chi connectivity index (χ4v) is 3.30. The van der Waals surface area contributed by atoms with Crippen molar-refractivity contribution in [1.82, 2.24) is 9.97 Å². The third kappa shape index (κ3) is 3.71. The van der Waals surface area contributed by atoms with Gasteiger partial charge in [0.15, 0.2) is 0 Å². The van der Waals surface area contributed by atoms with E-state index in [0.29, 0.717) is 17.3 Å². The first-order valence-corrected chi connectivity index (χ1v) is 9.31. The monoisotopic (exact) mass is 396 g/mol. The number of fused-ring (bicyclic) bond motifs is 1. The van der Waals surface area contributed by atoms with Gasteiger partial charge in [-0.3, -0.25) is 9.78 Å². The highest BCUT2D eigenvalue weighted by Crippen LogP contribution is 2.33. The summed E-state index contributed by atoms with van der Waals surface area (Å²) >= 11 is 0. The van der Waals surface area contributed by atoms with Gasteiger partial charge in [-0.15, -0.1) is 0 Å². The first kappa shape index (κ1) is 19.1. The molecule has 4 rings (SSSR count). The Morgan fingerprint density at radius 3 is 2.50 bits per heavy atom. The molecule has 30 heavy (non-hydrogen) atoms. The van der Waals surface area contributed by atoms with E-state index in [0.717, 1.165) is 33.2 Å². The SMILES string of the molecule is C=CC(=O)Nc1ccc(-c2ccnc3ccc(-c4cnc(OC)c(N)c4)cc23)cc1. The van der Waals surface area contributed by atoms with Crippen molar-refractivity contribution < 1.29 is 9.53 Å². The number of nitrogens with two attached hydrogens (primary N) is 1. The number of amides is 1. The van der Waals surface area contributed by atoms with Gasteiger partial charge in [-0.05, 0) is 59.2 Å². The van der Waals surface area contributed by atoms with Crippen LogP contribution in [0.2, 0.25) is 0 Å². The molecule has 0 fully saturated rings. The minimum atomic E-state index is -0.242. The van der Waals surface area contributed by atoms with E-state index >= 15 is 0 Å². The summed E-state index contributed by atoms with van der Waals surface area (Å²) in [5, 5.41) is 3.76. The number of nitrogens with one attached hydrogen (secondary N) is 1. The summed E-state index contributed by atoms with van der Waals surface area (Å²) in [5.41, 5.74) is 12.0. The highest BCUT2D eigenvalue weighted by Gasteiger charge is 2.09. The zero-order valence-electron chi connectivity index (χ0n) is 16.4. The fourth-order valence-electron chi connectivity index (χ4n) is 3.30. The van der Waals surface area contributed by atoms with Gasteiger partial charge in [-0.2, -0.15) is 0 Å². The number of ether oxygens (including phenoxy) is 1. The predicted octanol–water partition coefficient (Wildman–Crippen LogP) is 4.68. The first-order valence-electron chi connectivity index (χ1n) is 9.31. The van der Waals surface area contributed by atoms with E-state index in [1.54, 1.807) is 19.5 Å². The summed E-state index contributed by atoms with van der Waals surface area (Å²) in [4.78, 5) is 20.2. The molecule has 0 unspecified atom stereocenters. The number of pyridine rings is 2. The van der Waals surface area contributed by atoms with Crippen LogP contribution in [-0.4, -0.2) is 23.0 Å². The lowest BCUT2D eigenvalue weighted by atomic mass is 9.97. The Hall–Kier alpha value is -4.19. The van der Waals surface area contributed by atoms with Crippen LogP contribution in [0.25, 0.3) is 33.2 Å². The van der Waals surface area contributed by atoms with Crippen LogP contribution in [0.3, 0.4) is 0 Å². The third-order valence-electron chi connectivity index (χ3n) is 4.80. The Kier molecular flexibility index (Phi) is 5.13. The Morgan fingerprint density at radius 2 is 1.80 bits per heavy atom. The lowest BCUT2D eigenvalue weighted by Gasteiger charge is -2.11. The molecular formula is C24H20N4O2. The average Bonchev–Trinajstić information content (AvgIpc) is 2.78. The van der Waals surface area contributed by atoms with Gasteiger partial charge in [0.2, 0.25) is 11.8 Å². The highest BCUT2D eigenvalue weighted by molar-refractivity contribution is 6.00. The van der Waals surface area contributed by atoms with Gasteiger partial charge in [0.25, 0.3) is 0 Å². The molecule has 0 spiro atoms. The number of carbonyl (C=O) groups is 1. The van der Waals surface area contributed by atoms with Crippen molar-refractivity contribution in [3.63, 3.8) is 0 Å². The second kappa shape index (κ2) is 8.05. The molecule has 148 valence electrons. The lowest BCUT2D eigenvalue weighted by molar-refractivity contribution is -0.111. The number of hydrogen-bond donors (Lipinski definition) is 2. The van der Waals surface area contributed by atoms with Gasteiger partial charge >= 0.3 is 0 Å². The number of nitrogens with zero attached hydrogens (tertiary/aromatic N) is 2. The standard InChI is InChI=1S/C24H20N4O2/c1-3-23(29)28-18-7-4-15(5-8-18)19-10-11-26-22-9-6-16(12-20(19)22)17-13-21(25)24(30-2)27-14-17/h3-14H,1,25H2,2H3,(H,28,29). The number of aromatic nitrogens is 2. The van der Waals surface area contributed by atoms with Gasteiger partial charge in [-0.25, -0.2) is 4.98 Å². The van der Waals surface area contributed by atoms with Crippen LogP contribution >= 0.6 is 0 Å². The molecule has 0 aliphatic rings. The van der Waals surface area contributed by atoms with Gasteiger partial charge in [0.05, 0.1) is 18.3 Å². The molecule has 2 aromatic heterocycles. The lowest BCUT2D eigenvalue weighted by Crippen LogP contribution is -2.06. The van der Waals surface area contributed by atoms with E-state index in [4.69, 9.17) is 10.5 Å². The van der Waals surface area contributed by atoms with E-state index < -0.39 is 0 Å². The Morgan fingerprint density at radius 1 is 1.03 bits per heavy atom. The Balaban J connectivity index is 1.76. The van der Waals surface area contributed by atoms with Crippen LogP contribution in [0, 0.1) is 0 Å². The molecule has 0 saturated carbocycles. The van der Waals surface area contributed by atoms with Crippen LogP contribution in [-0.2, 0) is 4.79 Å². The van der Waals surface area contributed by atoms with Crippen molar-refractivity contribution in [2.45, 2.75) is 0 Å². The normalized spacial score (nSPS) is 10.6. The van der Waals surface area contributed by atoms with Gasteiger partial charge in [-0.1, -0.05) is 24.8 Å². The van der Waals surface area contributed by atoms with E-state index in [1.165, 1.54) is 6.08 Å². The van der Waals surface area contributed by atoms with E-state index in [1.807, 2.05) is 48.5 Å². The molecular weight excluding hydrogens is 376 g/mol. The molecule has 0 saturated heterocycles. The summed E-state index contributed by atoms with van der Waals surface area (Å²) in [7, 11) is 1.54. The maximum absolute atomic E-state index is 11.5. The topological polar surface area (TPSA) is 90.1 Å². The summed E-state index contributed by atoms with van der Waals surface area (Å²) in [6, 6.07) is 17.5. The van der Waals surface area contributed by atoms with Crippen LogP contribution in [0.5, 0.6) is 5.88 Å². The minimum Gasteiger partial charge on any atom is -0.480 e. The summed E-state index contributed by atoms with van der Waals surface area (Å²) in [6.07, 6.45) is 4.77. The summed E-state index contributed by atoms with van der Waals surface area (Å²) in [6.45, 7) is 3.47. The molecule has 0 aliphatic carbocycles. The van der Waals surface area contributed by atoms with Crippen LogP contribution in [0.1, 0.15) is 0 Å². The van der Waals surface area contributed by atoms with E-state index in [9.17, 15) is 4.79 Å². The predicted molar refractivity (Wildman–Crippen MR) is 120 cm³/mol. The first-order chi connectivity index (χ1) is 14.6. The van der Waals surface area contributed by atoms with Crippen molar-refractivity contribution in [1.29, 1.82) is 0 Å². The zero-order valence-corrected chi connectivity index (χ0v) is 16.4. The van der Waals surface area contributed by atoms with E-state index in [-0.39, 0.29) is 5.91 Å². The number of carbonyl (C=O) groups excluding carboxylic acids is 1. The van der Waals surface area contributed by atoms with Crippen molar-refractivity contribution in [3.8, 4) is 28.1 Å².